The second-order valence-electron chi connectivity index (χ2n) is 9.56. The van der Waals surface area contributed by atoms with Gasteiger partial charge in [-0.25, -0.2) is 4.98 Å². The fourth-order valence-corrected chi connectivity index (χ4v) is 4.87. The molecule has 0 amide bonds. The number of rotatable bonds is 5. The number of pyridine rings is 1. The van der Waals surface area contributed by atoms with Crippen LogP contribution in [-0.2, 0) is 26.5 Å². The Bertz CT molecular complexity index is 1710. The number of nitrogens with zero attached hydrogens (tertiary/aromatic N) is 2. The molecule has 5 heteroatoms. The number of aromatic hydroxyl groups is 1. The first-order valence-electron chi connectivity index (χ1n) is 12.2. The Morgan fingerprint density at radius 3 is 2.29 bits per heavy atom. The summed E-state index contributed by atoms with van der Waals surface area (Å²) in [6.45, 7) is 4.29. The van der Waals surface area contributed by atoms with Gasteiger partial charge >= 0.3 is 0 Å². The SMILES string of the molecule is CC(C)(c1ccccc1)c1cccc(O)c1-c1nc2c(-c3[c-]c(-c4ccccn4)ccc3)cccc2o1.[Pt]. The predicted molar refractivity (Wildman–Crippen MR) is 147 cm³/mol. The molecule has 0 radical (unpaired) electrons. The molecule has 0 saturated carbocycles. The molecule has 0 atom stereocenters. The zero-order valence-corrected chi connectivity index (χ0v) is 23.2. The van der Waals surface area contributed by atoms with E-state index < -0.39 is 0 Å². The molecule has 2 aromatic heterocycles. The van der Waals surface area contributed by atoms with Gasteiger partial charge in [-0.3, -0.25) is 4.98 Å². The van der Waals surface area contributed by atoms with Gasteiger partial charge in [0.25, 0.3) is 0 Å². The predicted octanol–water partition coefficient (Wildman–Crippen LogP) is 8.05. The quantitative estimate of drug-likeness (QED) is 0.188. The Hall–Kier alpha value is -4.01. The van der Waals surface area contributed by atoms with Crippen LogP contribution >= 0.6 is 0 Å². The molecule has 0 saturated heterocycles. The number of aromatic nitrogens is 2. The summed E-state index contributed by atoms with van der Waals surface area (Å²) < 4.78 is 6.29. The summed E-state index contributed by atoms with van der Waals surface area (Å²) >= 11 is 0. The van der Waals surface area contributed by atoms with Crippen LogP contribution in [0.3, 0.4) is 0 Å². The number of oxazole rings is 1. The minimum Gasteiger partial charge on any atom is -0.507 e. The standard InChI is InChI=1S/C33H25N2O2.Pt/c1-33(2,24-13-4-3-5-14-24)26-16-10-18-28(36)30(26)32-35-31-25(15-9-19-29(31)37-32)22-11-8-12-23(21-22)27-17-6-7-20-34-27;/h3-20,36H,1-2H3;/q-1;. The summed E-state index contributed by atoms with van der Waals surface area (Å²) in [6.07, 6.45) is 1.78. The van der Waals surface area contributed by atoms with Gasteiger partial charge in [0, 0.05) is 38.4 Å². The van der Waals surface area contributed by atoms with Crippen molar-refractivity contribution < 1.29 is 30.6 Å². The fraction of sp³-hybridized carbons (Fsp3) is 0.0909. The van der Waals surface area contributed by atoms with Crippen LogP contribution in [0.4, 0.5) is 0 Å². The summed E-state index contributed by atoms with van der Waals surface area (Å²) in [5.41, 5.74) is 7.24. The topological polar surface area (TPSA) is 59.2 Å². The molecule has 0 spiro atoms. The van der Waals surface area contributed by atoms with E-state index in [1.165, 1.54) is 0 Å². The second kappa shape index (κ2) is 10.4. The maximum atomic E-state index is 11.0. The molecule has 1 N–H and O–H groups in total. The van der Waals surface area contributed by atoms with Crippen LogP contribution in [0, 0.1) is 6.07 Å². The molecular weight excluding hydrogens is 651 g/mol. The molecule has 0 bridgehead atoms. The van der Waals surface area contributed by atoms with E-state index in [4.69, 9.17) is 9.40 Å². The average molecular weight is 677 g/mol. The molecule has 190 valence electrons. The molecule has 6 rings (SSSR count). The minimum atomic E-state index is -0.385. The molecule has 0 fully saturated rings. The monoisotopic (exact) mass is 676 g/mol. The number of phenolic OH excluding ortho intramolecular Hbond substituents is 1. The van der Waals surface area contributed by atoms with E-state index >= 15 is 0 Å². The zero-order chi connectivity index (χ0) is 25.4. The molecule has 2 heterocycles. The van der Waals surface area contributed by atoms with Crippen LogP contribution < -0.4 is 0 Å². The van der Waals surface area contributed by atoms with Crippen LogP contribution in [0.15, 0.2) is 114 Å². The van der Waals surface area contributed by atoms with E-state index in [9.17, 15) is 5.11 Å². The van der Waals surface area contributed by atoms with Gasteiger partial charge in [0.2, 0.25) is 5.89 Å². The molecule has 0 aliphatic rings. The van der Waals surface area contributed by atoms with Crippen molar-refractivity contribution in [1.29, 1.82) is 0 Å². The maximum absolute atomic E-state index is 11.0. The van der Waals surface area contributed by atoms with Crippen molar-refractivity contribution in [3.63, 3.8) is 0 Å². The fourth-order valence-electron chi connectivity index (χ4n) is 4.87. The van der Waals surface area contributed by atoms with Crippen LogP contribution in [0.1, 0.15) is 25.0 Å². The summed E-state index contributed by atoms with van der Waals surface area (Å²) in [5, 5.41) is 11.0. The largest absolute Gasteiger partial charge is 0.507 e. The molecule has 4 nitrogen and oxygen atoms in total. The van der Waals surface area contributed by atoms with E-state index in [1.807, 2.05) is 84.9 Å². The third-order valence-electron chi connectivity index (χ3n) is 6.87. The molecule has 6 aromatic rings. The van der Waals surface area contributed by atoms with Crippen LogP contribution in [0.5, 0.6) is 5.75 Å². The van der Waals surface area contributed by atoms with Crippen LogP contribution in [0.25, 0.3) is 44.9 Å². The molecular formula is C33H25N2O2Pt-. The Balaban J connectivity index is 0.00000294. The Morgan fingerprint density at radius 2 is 1.50 bits per heavy atom. The summed E-state index contributed by atoms with van der Waals surface area (Å²) in [6, 6.07) is 37.1. The van der Waals surface area contributed by atoms with Gasteiger partial charge in [-0.2, -0.15) is 0 Å². The van der Waals surface area contributed by atoms with Gasteiger partial charge in [-0.15, -0.1) is 29.8 Å². The molecule has 38 heavy (non-hydrogen) atoms. The Morgan fingerprint density at radius 1 is 0.763 bits per heavy atom. The summed E-state index contributed by atoms with van der Waals surface area (Å²) in [4.78, 5) is 9.39. The smallest absolute Gasteiger partial charge is 0.230 e. The summed E-state index contributed by atoms with van der Waals surface area (Å²) in [7, 11) is 0. The van der Waals surface area contributed by atoms with E-state index in [1.54, 1.807) is 12.3 Å². The van der Waals surface area contributed by atoms with Gasteiger partial charge in [-0.05, 0) is 29.3 Å². The van der Waals surface area contributed by atoms with Crippen molar-refractivity contribution in [2.24, 2.45) is 0 Å². The zero-order valence-electron chi connectivity index (χ0n) is 21.0. The average Bonchev–Trinajstić information content (AvgIpc) is 3.38. The van der Waals surface area contributed by atoms with Crippen molar-refractivity contribution in [3.8, 4) is 39.6 Å². The van der Waals surface area contributed by atoms with Gasteiger partial charge in [-0.1, -0.05) is 91.7 Å². The summed E-state index contributed by atoms with van der Waals surface area (Å²) in [5.74, 6) is 0.527. The number of fused-ring (bicyclic) bond motifs is 1. The van der Waals surface area contributed by atoms with E-state index in [0.29, 0.717) is 17.0 Å². The normalized spacial score (nSPS) is 11.3. The first kappa shape index (κ1) is 25.6. The number of phenols is 1. The Labute approximate surface area is 236 Å². The van der Waals surface area contributed by atoms with Gasteiger partial charge < -0.3 is 9.52 Å². The van der Waals surface area contributed by atoms with Crippen molar-refractivity contribution in [1.82, 2.24) is 9.97 Å². The van der Waals surface area contributed by atoms with E-state index in [0.717, 1.165) is 39.0 Å². The van der Waals surface area contributed by atoms with Crippen LogP contribution in [0.2, 0.25) is 0 Å². The van der Waals surface area contributed by atoms with E-state index in [2.05, 4.69) is 37.0 Å². The van der Waals surface area contributed by atoms with Crippen molar-refractivity contribution in [3.05, 3.63) is 127 Å². The third kappa shape index (κ3) is 4.57. The third-order valence-corrected chi connectivity index (χ3v) is 6.87. The molecule has 0 aliphatic carbocycles. The number of para-hydroxylation sites is 1. The molecule has 4 aromatic carbocycles. The second-order valence-corrected chi connectivity index (χ2v) is 9.56. The first-order chi connectivity index (χ1) is 18.0. The van der Waals surface area contributed by atoms with Crippen LogP contribution in [-0.4, -0.2) is 15.1 Å². The molecule has 0 unspecified atom stereocenters. The maximum Gasteiger partial charge on any atom is 0.230 e. The number of benzene rings is 4. The van der Waals surface area contributed by atoms with E-state index in [-0.39, 0.29) is 32.2 Å². The minimum absolute atomic E-state index is 0. The number of hydrogen-bond acceptors (Lipinski definition) is 4. The van der Waals surface area contributed by atoms with Gasteiger partial charge in [0.1, 0.15) is 11.3 Å². The van der Waals surface area contributed by atoms with Crippen molar-refractivity contribution in [2.45, 2.75) is 19.3 Å². The number of hydrogen-bond donors (Lipinski definition) is 1. The first-order valence-corrected chi connectivity index (χ1v) is 12.2. The molecule has 0 aliphatic heterocycles. The Kier molecular flexibility index (Phi) is 7.01. The van der Waals surface area contributed by atoms with Gasteiger partial charge in [0.05, 0.1) is 11.1 Å². The van der Waals surface area contributed by atoms with Crippen molar-refractivity contribution >= 4 is 11.1 Å². The van der Waals surface area contributed by atoms with Gasteiger partial charge in [0.15, 0.2) is 0 Å². The van der Waals surface area contributed by atoms with Crippen molar-refractivity contribution in [2.75, 3.05) is 0 Å².